The first kappa shape index (κ1) is 29.3. The van der Waals surface area contributed by atoms with Crippen molar-refractivity contribution < 1.29 is 22.8 Å². The fraction of sp³-hybridized carbons (Fsp3) is 0.333. The molecule has 210 valence electrons. The van der Waals surface area contributed by atoms with E-state index in [1.54, 1.807) is 19.3 Å². The fourth-order valence-electron chi connectivity index (χ4n) is 4.02. The topological polar surface area (TPSA) is 109 Å². The molecule has 2 aliphatic heterocycles. The van der Waals surface area contributed by atoms with Gasteiger partial charge in [-0.15, -0.1) is 11.3 Å². The number of aliphatic imine (C=N–C) groups is 2. The Morgan fingerprint density at radius 2 is 1.98 bits per heavy atom. The first-order valence-electron chi connectivity index (χ1n) is 12.5. The summed E-state index contributed by atoms with van der Waals surface area (Å²) in [5, 5.41) is 5.15. The van der Waals surface area contributed by atoms with Crippen LogP contribution < -0.4 is 10.6 Å². The molecule has 0 saturated heterocycles. The van der Waals surface area contributed by atoms with Crippen LogP contribution >= 0.6 is 22.9 Å². The number of halogens is 4. The molecule has 0 bridgehead atoms. The monoisotopic (exact) mass is 590 g/mol. The summed E-state index contributed by atoms with van der Waals surface area (Å²) in [6.07, 6.45) is 11.7. The maximum absolute atomic E-state index is 13.2. The minimum absolute atomic E-state index is 0.0894. The highest BCUT2D eigenvalue weighted by atomic mass is 35.5. The number of pyridine rings is 1. The Morgan fingerprint density at radius 3 is 2.77 bits per heavy atom. The highest BCUT2D eigenvalue weighted by molar-refractivity contribution is 7.13. The summed E-state index contributed by atoms with van der Waals surface area (Å²) >= 11 is 6.60. The SMILES string of the molecule is C[C@@H](NC(=O)/C1=C/C(C2CC/C=C\C=NC2)=N/C=C\CC1)c1ncc(C(=O)Nc2cc(C(F)(F)F)c(Cl)cn2)s1. The summed E-state index contributed by atoms with van der Waals surface area (Å²) in [6.45, 7) is 2.33. The molecule has 2 amide bonds. The van der Waals surface area contributed by atoms with Crippen molar-refractivity contribution >= 4 is 52.5 Å². The number of allylic oxidation sites excluding steroid dienone is 4. The van der Waals surface area contributed by atoms with Gasteiger partial charge in [-0.2, -0.15) is 13.2 Å². The molecular formula is C27H26ClF3N6O2S. The van der Waals surface area contributed by atoms with Crippen LogP contribution in [-0.2, 0) is 11.0 Å². The van der Waals surface area contributed by atoms with Gasteiger partial charge in [-0.05, 0) is 50.8 Å². The third-order valence-electron chi connectivity index (χ3n) is 6.14. The minimum atomic E-state index is -4.69. The van der Waals surface area contributed by atoms with E-state index in [0.717, 1.165) is 36.1 Å². The third-order valence-corrected chi connectivity index (χ3v) is 7.62. The first-order chi connectivity index (χ1) is 19.1. The summed E-state index contributed by atoms with van der Waals surface area (Å²) in [7, 11) is 0. The second-order valence-electron chi connectivity index (χ2n) is 9.12. The molecule has 0 fully saturated rings. The van der Waals surface area contributed by atoms with Gasteiger partial charge in [0.25, 0.3) is 5.91 Å². The van der Waals surface area contributed by atoms with E-state index in [0.29, 0.717) is 36.0 Å². The standard InChI is InChI=1S/C27H26ClF3N6O2S/c1-16(26-35-15-22(40-26)25(39)37-23-12-19(27(29,30)31)20(28)14-34-23)36-24(38)17-7-4-6-10-33-21(11-17)18-8-3-2-5-9-32-13-18/h2,5-6,9-12,14-16,18H,3-4,7-8,13H2,1H3,(H,36,38)(H,34,37,39)/b5-2-,10-6-,17-11+,32-9?,33-21-/t16-,18?/m1/s1. The lowest BCUT2D eigenvalue weighted by Crippen LogP contribution is -2.29. The van der Waals surface area contributed by atoms with Crippen LogP contribution in [0, 0.1) is 5.92 Å². The predicted molar refractivity (Wildman–Crippen MR) is 150 cm³/mol. The summed E-state index contributed by atoms with van der Waals surface area (Å²) in [5.74, 6) is -1.16. The van der Waals surface area contributed by atoms with Crippen molar-refractivity contribution in [2.75, 3.05) is 11.9 Å². The van der Waals surface area contributed by atoms with Gasteiger partial charge in [-0.25, -0.2) is 9.97 Å². The van der Waals surface area contributed by atoms with Gasteiger partial charge in [-0.1, -0.05) is 23.8 Å². The zero-order chi connectivity index (χ0) is 28.7. The average Bonchev–Trinajstić information content (AvgIpc) is 3.36. The number of hydrogen-bond donors (Lipinski definition) is 2. The van der Waals surface area contributed by atoms with Gasteiger partial charge in [0.2, 0.25) is 5.91 Å². The van der Waals surface area contributed by atoms with E-state index in [1.807, 2.05) is 18.2 Å². The number of thiazole rings is 1. The lowest BCUT2D eigenvalue weighted by Gasteiger charge is -2.18. The van der Waals surface area contributed by atoms with Gasteiger partial charge in [0.05, 0.1) is 22.8 Å². The zero-order valence-corrected chi connectivity index (χ0v) is 23.0. The third kappa shape index (κ3) is 7.72. The molecule has 2 atom stereocenters. The van der Waals surface area contributed by atoms with Gasteiger partial charge >= 0.3 is 6.18 Å². The van der Waals surface area contributed by atoms with Gasteiger partial charge < -0.3 is 10.6 Å². The van der Waals surface area contributed by atoms with Crippen LogP contribution in [-0.4, -0.2) is 40.3 Å². The normalized spacial score (nSPS) is 22.7. The highest BCUT2D eigenvalue weighted by Crippen LogP contribution is 2.35. The quantitative estimate of drug-likeness (QED) is 0.408. The number of anilines is 1. The maximum atomic E-state index is 13.2. The Labute approximate surface area is 237 Å². The average molecular weight is 591 g/mol. The van der Waals surface area contributed by atoms with Crippen LogP contribution in [0.1, 0.15) is 58.9 Å². The fourth-order valence-corrected chi connectivity index (χ4v) is 5.05. The summed E-state index contributed by atoms with van der Waals surface area (Å²) in [4.78, 5) is 43.0. The largest absolute Gasteiger partial charge is 0.418 e. The Hall–Kier alpha value is -3.64. The van der Waals surface area contributed by atoms with Crippen molar-refractivity contribution in [3.8, 4) is 0 Å². The van der Waals surface area contributed by atoms with Crippen molar-refractivity contribution in [3.05, 3.63) is 75.0 Å². The Bertz CT molecular complexity index is 1410. The summed E-state index contributed by atoms with van der Waals surface area (Å²) in [6, 6.07) is 0.142. The second kappa shape index (κ2) is 13.1. The number of amides is 2. The van der Waals surface area contributed by atoms with Gasteiger partial charge in [0.15, 0.2) is 0 Å². The van der Waals surface area contributed by atoms with Crippen molar-refractivity contribution in [1.82, 2.24) is 15.3 Å². The van der Waals surface area contributed by atoms with Crippen molar-refractivity contribution in [2.24, 2.45) is 15.9 Å². The van der Waals surface area contributed by atoms with Crippen molar-refractivity contribution in [2.45, 2.75) is 44.8 Å². The molecule has 2 aromatic heterocycles. The van der Waals surface area contributed by atoms with Crippen molar-refractivity contribution in [3.63, 3.8) is 0 Å². The van der Waals surface area contributed by atoms with Crippen LogP contribution in [0.5, 0.6) is 0 Å². The van der Waals surface area contributed by atoms with Gasteiger partial charge in [0.1, 0.15) is 15.7 Å². The zero-order valence-electron chi connectivity index (χ0n) is 21.4. The number of alkyl halides is 3. The molecule has 0 spiro atoms. The van der Waals surface area contributed by atoms with Crippen molar-refractivity contribution in [1.29, 1.82) is 0 Å². The molecule has 1 unspecified atom stereocenters. The Morgan fingerprint density at radius 1 is 1.15 bits per heavy atom. The maximum Gasteiger partial charge on any atom is 0.418 e. The van der Waals surface area contributed by atoms with E-state index in [9.17, 15) is 22.8 Å². The Kier molecular flexibility index (Phi) is 9.64. The van der Waals surface area contributed by atoms with E-state index < -0.39 is 28.7 Å². The van der Waals surface area contributed by atoms with Crippen LogP contribution in [0.25, 0.3) is 0 Å². The molecule has 0 aliphatic carbocycles. The number of rotatable bonds is 6. The molecule has 4 rings (SSSR count). The molecule has 2 aromatic rings. The molecule has 2 aliphatic rings. The minimum Gasteiger partial charge on any atom is -0.343 e. The number of nitrogens with one attached hydrogen (secondary N) is 2. The summed E-state index contributed by atoms with van der Waals surface area (Å²) in [5.41, 5.74) is 0.284. The molecule has 13 heteroatoms. The number of aromatic nitrogens is 2. The molecule has 2 N–H and O–H groups in total. The predicted octanol–water partition coefficient (Wildman–Crippen LogP) is 6.35. The molecule has 40 heavy (non-hydrogen) atoms. The molecule has 0 radical (unpaired) electrons. The molecule has 4 heterocycles. The number of carbonyl (C=O) groups excluding carboxylic acids is 2. The smallest absolute Gasteiger partial charge is 0.343 e. The van der Waals surface area contributed by atoms with Gasteiger partial charge in [-0.3, -0.25) is 19.6 Å². The first-order valence-corrected chi connectivity index (χ1v) is 13.7. The molecule has 0 saturated carbocycles. The Balaban J connectivity index is 1.42. The van der Waals surface area contributed by atoms with E-state index in [-0.39, 0.29) is 22.5 Å². The van der Waals surface area contributed by atoms with E-state index in [2.05, 4.69) is 36.7 Å². The molecular weight excluding hydrogens is 565 g/mol. The van der Waals surface area contributed by atoms with E-state index >= 15 is 0 Å². The van der Waals surface area contributed by atoms with E-state index in [1.165, 1.54) is 6.20 Å². The second-order valence-corrected chi connectivity index (χ2v) is 10.6. The summed E-state index contributed by atoms with van der Waals surface area (Å²) < 4.78 is 39.4. The lowest BCUT2D eigenvalue weighted by molar-refractivity contribution is -0.137. The highest BCUT2D eigenvalue weighted by Gasteiger charge is 2.34. The number of hydrogen-bond acceptors (Lipinski definition) is 7. The molecule has 8 nitrogen and oxygen atoms in total. The van der Waals surface area contributed by atoms with Crippen LogP contribution in [0.4, 0.5) is 19.0 Å². The van der Waals surface area contributed by atoms with E-state index in [4.69, 9.17) is 11.6 Å². The molecule has 0 aromatic carbocycles. The van der Waals surface area contributed by atoms with Crippen LogP contribution in [0.2, 0.25) is 5.02 Å². The van der Waals surface area contributed by atoms with Crippen LogP contribution in [0.15, 0.2) is 64.5 Å². The lowest BCUT2D eigenvalue weighted by atomic mass is 9.93. The number of nitrogens with zero attached hydrogens (tertiary/aromatic N) is 4. The van der Waals surface area contributed by atoms with Crippen LogP contribution in [0.3, 0.4) is 0 Å². The van der Waals surface area contributed by atoms with Gasteiger partial charge in [0, 0.05) is 42.4 Å². The number of carbonyl (C=O) groups is 2.